The SMILES string of the molecule is CC[C@H](C)[C@H](NC(=O)c1nccc2c(S(N)(=O)=O)cccc12)C(=O)O. The summed E-state index contributed by atoms with van der Waals surface area (Å²) in [5.74, 6) is -2.12. The molecule has 1 amide bonds. The summed E-state index contributed by atoms with van der Waals surface area (Å²) in [5.41, 5.74) is -0.0578. The number of rotatable bonds is 6. The van der Waals surface area contributed by atoms with Gasteiger partial charge < -0.3 is 10.4 Å². The van der Waals surface area contributed by atoms with Crippen LogP contribution in [0.1, 0.15) is 30.8 Å². The average molecular weight is 365 g/mol. The molecule has 0 unspecified atom stereocenters. The van der Waals surface area contributed by atoms with Crippen LogP contribution in [0.3, 0.4) is 0 Å². The molecular formula is C16H19N3O5S. The third-order valence-corrected chi connectivity index (χ3v) is 5.02. The number of aliphatic carboxylic acids is 1. The van der Waals surface area contributed by atoms with Crippen LogP contribution in [0.5, 0.6) is 0 Å². The fourth-order valence-electron chi connectivity index (χ4n) is 2.50. The topological polar surface area (TPSA) is 139 Å². The Morgan fingerprint density at radius 2 is 1.96 bits per heavy atom. The van der Waals surface area contributed by atoms with E-state index >= 15 is 0 Å². The number of benzene rings is 1. The summed E-state index contributed by atoms with van der Waals surface area (Å²) in [7, 11) is -3.98. The Morgan fingerprint density at radius 1 is 1.28 bits per heavy atom. The molecule has 0 saturated carbocycles. The van der Waals surface area contributed by atoms with Crippen LogP contribution in [-0.4, -0.2) is 36.4 Å². The van der Waals surface area contributed by atoms with E-state index < -0.39 is 27.9 Å². The highest BCUT2D eigenvalue weighted by Gasteiger charge is 2.27. The van der Waals surface area contributed by atoms with Gasteiger partial charge in [-0.2, -0.15) is 0 Å². The lowest BCUT2D eigenvalue weighted by atomic mass is 9.99. The molecule has 9 heteroatoms. The van der Waals surface area contributed by atoms with E-state index in [2.05, 4.69) is 10.3 Å². The smallest absolute Gasteiger partial charge is 0.326 e. The van der Waals surface area contributed by atoms with Crippen molar-refractivity contribution in [3.05, 3.63) is 36.2 Å². The second-order valence-corrected chi connectivity index (χ2v) is 7.26. The molecule has 2 aromatic rings. The van der Waals surface area contributed by atoms with E-state index in [1.165, 1.54) is 30.5 Å². The molecule has 2 rings (SSSR count). The van der Waals surface area contributed by atoms with Gasteiger partial charge in [0.1, 0.15) is 11.7 Å². The van der Waals surface area contributed by atoms with Crippen molar-refractivity contribution in [3.63, 3.8) is 0 Å². The quantitative estimate of drug-likeness (QED) is 0.700. The molecule has 0 spiro atoms. The number of carbonyl (C=O) groups excluding carboxylic acids is 1. The van der Waals surface area contributed by atoms with Gasteiger partial charge in [-0.15, -0.1) is 0 Å². The third-order valence-electron chi connectivity index (χ3n) is 4.05. The molecule has 1 heterocycles. The van der Waals surface area contributed by atoms with Gasteiger partial charge in [0, 0.05) is 17.0 Å². The van der Waals surface area contributed by atoms with E-state index in [4.69, 9.17) is 5.14 Å². The number of hydrogen-bond acceptors (Lipinski definition) is 5. The molecule has 0 radical (unpaired) electrons. The number of primary sulfonamides is 1. The minimum Gasteiger partial charge on any atom is -0.480 e. The van der Waals surface area contributed by atoms with E-state index in [-0.39, 0.29) is 27.3 Å². The first-order valence-corrected chi connectivity index (χ1v) is 9.15. The molecule has 0 aliphatic carbocycles. The van der Waals surface area contributed by atoms with Gasteiger partial charge >= 0.3 is 5.97 Å². The van der Waals surface area contributed by atoms with Gasteiger partial charge in [0.25, 0.3) is 5.91 Å². The summed E-state index contributed by atoms with van der Waals surface area (Å²) in [4.78, 5) is 27.8. The van der Waals surface area contributed by atoms with E-state index in [1.54, 1.807) is 6.92 Å². The average Bonchev–Trinajstić information content (AvgIpc) is 2.56. The number of nitrogens with one attached hydrogen (secondary N) is 1. The molecule has 134 valence electrons. The summed E-state index contributed by atoms with van der Waals surface area (Å²) in [6, 6.07) is 4.68. The molecule has 0 saturated heterocycles. The highest BCUT2D eigenvalue weighted by molar-refractivity contribution is 7.89. The number of carboxylic acid groups (broad SMARTS) is 1. The molecule has 0 fully saturated rings. The lowest BCUT2D eigenvalue weighted by Crippen LogP contribution is -2.45. The van der Waals surface area contributed by atoms with Crippen LogP contribution in [0.15, 0.2) is 35.4 Å². The monoisotopic (exact) mass is 365 g/mol. The number of nitrogens with two attached hydrogens (primary N) is 1. The number of carboxylic acids is 1. The molecule has 0 bridgehead atoms. The standard InChI is InChI=1S/C16H19N3O5S/c1-3-9(2)13(16(21)22)19-15(20)14-11-5-4-6-12(25(17,23)24)10(11)7-8-18-14/h4-9,13H,3H2,1-2H3,(H,19,20)(H,21,22)(H2,17,23,24)/t9-,13-/m0/s1. The number of fused-ring (bicyclic) bond motifs is 1. The second kappa shape index (κ2) is 7.16. The van der Waals surface area contributed by atoms with Crippen LogP contribution in [0, 0.1) is 5.92 Å². The van der Waals surface area contributed by atoms with Crippen molar-refractivity contribution in [1.82, 2.24) is 10.3 Å². The highest BCUT2D eigenvalue weighted by atomic mass is 32.2. The van der Waals surface area contributed by atoms with Crippen molar-refractivity contribution in [2.24, 2.45) is 11.1 Å². The van der Waals surface area contributed by atoms with Crippen molar-refractivity contribution in [2.45, 2.75) is 31.2 Å². The van der Waals surface area contributed by atoms with Crippen molar-refractivity contribution in [1.29, 1.82) is 0 Å². The molecule has 8 nitrogen and oxygen atoms in total. The van der Waals surface area contributed by atoms with Gasteiger partial charge in [-0.3, -0.25) is 9.78 Å². The Hall–Kier alpha value is -2.52. The van der Waals surface area contributed by atoms with Gasteiger partial charge in [-0.25, -0.2) is 18.4 Å². The van der Waals surface area contributed by atoms with Crippen LogP contribution < -0.4 is 10.5 Å². The largest absolute Gasteiger partial charge is 0.480 e. The van der Waals surface area contributed by atoms with E-state index in [0.29, 0.717) is 6.42 Å². The van der Waals surface area contributed by atoms with Crippen LogP contribution in [-0.2, 0) is 14.8 Å². The Bertz CT molecular complexity index is 927. The van der Waals surface area contributed by atoms with Crippen molar-refractivity contribution in [3.8, 4) is 0 Å². The van der Waals surface area contributed by atoms with Crippen molar-refractivity contribution >= 4 is 32.7 Å². The minimum atomic E-state index is -3.98. The number of nitrogens with zero attached hydrogens (tertiary/aromatic N) is 1. The summed E-state index contributed by atoms with van der Waals surface area (Å²) in [5, 5.41) is 17.5. The lowest BCUT2D eigenvalue weighted by Gasteiger charge is -2.20. The molecule has 0 aliphatic heterocycles. The molecule has 1 aromatic heterocycles. The number of carbonyl (C=O) groups is 2. The van der Waals surface area contributed by atoms with Crippen LogP contribution >= 0.6 is 0 Å². The summed E-state index contributed by atoms with van der Waals surface area (Å²) < 4.78 is 23.4. The zero-order valence-electron chi connectivity index (χ0n) is 13.8. The fourth-order valence-corrected chi connectivity index (χ4v) is 3.25. The van der Waals surface area contributed by atoms with Gasteiger partial charge in [0.2, 0.25) is 10.0 Å². The van der Waals surface area contributed by atoms with Gasteiger partial charge in [-0.1, -0.05) is 32.4 Å². The number of pyridine rings is 1. The molecule has 25 heavy (non-hydrogen) atoms. The van der Waals surface area contributed by atoms with Crippen molar-refractivity contribution < 1.29 is 23.1 Å². The van der Waals surface area contributed by atoms with E-state index in [9.17, 15) is 23.1 Å². The van der Waals surface area contributed by atoms with Gasteiger partial charge in [0.15, 0.2) is 0 Å². The maximum Gasteiger partial charge on any atom is 0.326 e. The highest BCUT2D eigenvalue weighted by Crippen LogP contribution is 2.24. The maximum atomic E-state index is 12.5. The molecule has 1 aromatic carbocycles. The number of amides is 1. The second-order valence-electron chi connectivity index (χ2n) is 5.73. The number of aromatic nitrogens is 1. The Labute approximate surface area is 145 Å². The fraction of sp³-hybridized carbons (Fsp3) is 0.312. The zero-order valence-corrected chi connectivity index (χ0v) is 14.6. The lowest BCUT2D eigenvalue weighted by molar-refractivity contribution is -0.140. The first kappa shape index (κ1) is 18.8. The zero-order chi connectivity index (χ0) is 18.8. The number of sulfonamides is 1. The predicted octanol–water partition coefficient (Wildman–Crippen LogP) is 1.11. The summed E-state index contributed by atoms with van der Waals surface area (Å²) in [6.45, 7) is 3.54. The Morgan fingerprint density at radius 3 is 2.52 bits per heavy atom. The van der Waals surface area contributed by atoms with Gasteiger partial charge in [0.05, 0.1) is 4.90 Å². The minimum absolute atomic E-state index is 0.0578. The maximum absolute atomic E-state index is 12.5. The first-order chi connectivity index (χ1) is 11.7. The normalized spacial score (nSPS) is 14.0. The first-order valence-electron chi connectivity index (χ1n) is 7.61. The third kappa shape index (κ3) is 3.94. The predicted molar refractivity (Wildman–Crippen MR) is 91.5 cm³/mol. The molecule has 4 N–H and O–H groups in total. The molecule has 2 atom stereocenters. The number of hydrogen-bond donors (Lipinski definition) is 3. The van der Waals surface area contributed by atoms with E-state index in [1.807, 2.05) is 6.92 Å². The van der Waals surface area contributed by atoms with Crippen LogP contribution in [0.4, 0.5) is 0 Å². The Kier molecular flexibility index (Phi) is 5.39. The van der Waals surface area contributed by atoms with E-state index in [0.717, 1.165) is 0 Å². The van der Waals surface area contributed by atoms with Gasteiger partial charge in [-0.05, 0) is 18.1 Å². The van der Waals surface area contributed by atoms with Crippen LogP contribution in [0.2, 0.25) is 0 Å². The Balaban J connectivity index is 2.51. The molecule has 0 aliphatic rings. The van der Waals surface area contributed by atoms with Crippen LogP contribution in [0.25, 0.3) is 10.8 Å². The molecular weight excluding hydrogens is 346 g/mol. The summed E-state index contributed by atoms with van der Waals surface area (Å²) >= 11 is 0. The summed E-state index contributed by atoms with van der Waals surface area (Å²) in [6.07, 6.45) is 1.85. The van der Waals surface area contributed by atoms with Crippen molar-refractivity contribution in [2.75, 3.05) is 0 Å².